The highest BCUT2D eigenvalue weighted by Crippen LogP contribution is 2.44. The molecule has 0 radical (unpaired) electrons. The summed E-state index contributed by atoms with van der Waals surface area (Å²) in [6.45, 7) is 6.06. The van der Waals surface area contributed by atoms with Crippen molar-refractivity contribution in [3.05, 3.63) is 70.3 Å². The van der Waals surface area contributed by atoms with Gasteiger partial charge in [-0.05, 0) is 123 Å². The van der Waals surface area contributed by atoms with Crippen molar-refractivity contribution >= 4 is 0 Å². The molecule has 0 atom stereocenters. The third kappa shape index (κ3) is 6.41. The highest BCUT2D eigenvalue weighted by atomic mass is 16.3. The van der Waals surface area contributed by atoms with Crippen molar-refractivity contribution in [3.8, 4) is 34.1 Å². The van der Waals surface area contributed by atoms with Crippen molar-refractivity contribution in [2.45, 2.75) is 96.8 Å². The Kier molecular flexibility index (Phi) is 8.68. The van der Waals surface area contributed by atoms with Crippen LogP contribution < -0.4 is 0 Å². The molecule has 0 spiro atoms. The van der Waals surface area contributed by atoms with Gasteiger partial charge in [-0.1, -0.05) is 44.6 Å². The van der Waals surface area contributed by atoms with Gasteiger partial charge in [0.2, 0.25) is 0 Å². The van der Waals surface area contributed by atoms with Gasteiger partial charge in [0.05, 0.1) is 0 Å². The molecule has 2 aliphatic carbocycles. The molecule has 0 saturated heterocycles. The Morgan fingerprint density at radius 3 is 1.30 bits per heavy atom. The molecule has 3 aromatic rings. The minimum absolute atomic E-state index is 0.0602. The zero-order chi connectivity index (χ0) is 26.5. The van der Waals surface area contributed by atoms with Crippen LogP contribution in [0.15, 0.2) is 42.5 Å². The third-order valence-corrected chi connectivity index (χ3v) is 8.28. The fourth-order valence-electron chi connectivity index (χ4n) is 6.19. The summed E-state index contributed by atoms with van der Waals surface area (Å²) in [7, 11) is 0. The van der Waals surface area contributed by atoms with Gasteiger partial charge >= 0.3 is 0 Å². The molecule has 0 heterocycles. The second kappa shape index (κ2) is 11.9. The van der Waals surface area contributed by atoms with Crippen molar-refractivity contribution < 1.29 is 20.4 Å². The van der Waals surface area contributed by atoms with Crippen molar-refractivity contribution in [3.63, 3.8) is 0 Å². The first-order chi connectivity index (χ1) is 17.7. The summed E-state index contributed by atoms with van der Waals surface area (Å²) in [6.07, 6.45) is 12.8. The summed E-state index contributed by atoms with van der Waals surface area (Å²) >= 11 is 0. The molecule has 0 aliphatic heterocycles. The van der Waals surface area contributed by atoms with Crippen LogP contribution in [0.3, 0.4) is 0 Å². The zero-order valence-electron chi connectivity index (χ0n) is 22.6. The van der Waals surface area contributed by atoms with Gasteiger partial charge in [0, 0.05) is 11.1 Å². The molecule has 0 unspecified atom stereocenters. The van der Waals surface area contributed by atoms with E-state index in [4.69, 9.17) is 10.2 Å². The van der Waals surface area contributed by atoms with E-state index >= 15 is 0 Å². The van der Waals surface area contributed by atoms with E-state index in [1.165, 1.54) is 98.6 Å². The van der Waals surface area contributed by atoms with E-state index in [-0.39, 0.29) is 23.0 Å². The van der Waals surface area contributed by atoms with Gasteiger partial charge in [0.1, 0.15) is 11.5 Å². The standard InChI is InChI=1S/C26H34O2.C7H8O2/c1-17-13-25(27)23(15-21(17)19-9-5-3-6-10-19)24-16-22(18(2)14-26(24)28)20-11-7-4-8-12-20;1-5-2-3-6(8)7(9)4-5/h13-16,19-20,27-28H,3-12H2,1-2H3;2-4,8-9H,1H3. The van der Waals surface area contributed by atoms with E-state index < -0.39 is 0 Å². The van der Waals surface area contributed by atoms with E-state index in [9.17, 15) is 10.2 Å². The normalized spacial score (nSPS) is 16.7. The van der Waals surface area contributed by atoms with Gasteiger partial charge in [-0.25, -0.2) is 0 Å². The maximum absolute atomic E-state index is 10.8. The summed E-state index contributed by atoms with van der Waals surface area (Å²) in [4.78, 5) is 0. The zero-order valence-corrected chi connectivity index (χ0v) is 22.6. The monoisotopic (exact) mass is 502 g/mol. The first-order valence-electron chi connectivity index (χ1n) is 13.9. The van der Waals surface area contributed by atoms with Gasteiger partial charge in [-0.15, -0.1) is 0 Å². The van der Waals surface area contributed by atoms with Crippen molar-refractivity contribution in [2.24, 2.45) is 0 Å². The maximum Gasteiger partial charge on any atom is 0.157 e. The van der Waals surface area contributed by atoms with Crippen molar-refractivity contribution in [1.82, 2.24) is 0 Å². The average Bonchev–Trinajstić information content (AvgIpc) is 2.88. The Hall–Kier alpha value is -3.14. The lowest BCUT2D eigenvalue weighted by Crippen LogP contribution is -2.07. The van der Waals surface area contributed by atoms with Crippen LogP contribution in [0.25, 0.3) is 11.1 Å². The van der Waals surface area contributed by atoms with Crippen LogP contribution in [0, 0.1) is 20.8 Å². The number of rotatable bonds is 3. The molecule has 5 rings (SSSR count). The molecule has 2 saturated carbocycles. The fourth-order valence-corrected chi connectivity index (χ4v) is 6.19. The fraction of sp³-hybridized carbons (Fsp3) is 0.455. The smallest absolute Gasteiger partial charge is 0.157 e. The molecule has 0 amide bonds. The maximum atomic E-state index is 10.8. The van der Waals surface area contributed by atoms with Crippen molar-refractivity contribution in [2.75, 3.05) is 0 Å². The van der Waals surface area contributed by atoms with Gasteiger partial charge < -0.3 is 20.4 Å². The molecule has 37 heavy (non-hydrogen) atoms. The van der Waals surface area contributed by atoms with Crippen LogP contribution >= 0.6 is 0 Å². The Bertz CT molecular complexity index is 1150. The Labute approximate surface area is 221 Å². The predicted molar refractivity (Wildman–Crippen MR) is 151 cm³/mol. The summed E-state index contributed by atoms with van der Waals surface area (Å²) in [5.41, 5.74) is 7.57. The van der Waals surface area contributed by atoms with Gasteiger partial charge in [0.25, 0.3) is 0 Å². The summed E-state index contributed by atoms with van der Waals surface area (Å²) in [6, 6.07) is 12.8. The Morgan fingerprint density at radius 2 is 0.919 bits per heavy atom. The van der Waals surface area contributed by atoms with Crippen LogP contribution in [0.4, 0.5) is 0 Å². The topological polar surface area (TPSA) is 80.9 Å². The number of hydrogen-bond acceptors (Lipinski definition) is 4. The molecule has 4 nitrogen and oxygen atoms in total. The Morgan fingerprint density at radius 1 is 0.486 bits per heavy atom. The molecule has 2 fully saturated rings. The van der Waals surface area contributed by atoms with Crippen LogP contribution in [0.5, 0.6) is 23.0 Å². The largest absolute Gasteiger partial charge is 0.507 e. The molecule has 2 aliphatic rings. The summed E-state index contributed by atoms with van der Waals surface area (Å²) in [5.74, 6) is 1.60. The second-order valence-electron chi connectivity index (χ2n) is 11.1. The van der Waals surface area contributed by atoms with E-state index in [0.717, 1.165) is 16.7 Å². The SMILES string of the molecule is Cc1cc(O)c(-c2cc(C3CCCCC3)c(C)cc2O)cc1C1CCCCC1.Cc1ccc(O)c(O)c1. The lowest BCUT2D eigenvalue weighted by atomic mass is 9.79. The van der Waals surface area contributed by atoms with E-state index in [0.29, 0.717) is 11.8 Å². The highest BCUT2D eigenvalue weighted by molar-refractivity contribution is 5.78. The van der Waals surface area contributed by atoms with Crippen LogP contribution in [0.1, 0.15) is 104 Å². The van der Waals surface area contributed by atoms with Crippen LogP contribution in [-0.4, -0.2) is 20.4 Å². The highest BCUT2D eigenvalue weighted by Gasteiger charge is 2.23. The molecule has 3 aromatic carbocycles. The second-order valence-corrected chi connectivity index (χ2v) is 11.1. The number of phenolic OH excluding ortho intramolecular Hbond substituents is 4. The first kappa shape index (κ1) is 26.9. The average molecular weight is 503 g/mol. The number of benzene rings is 3. The molecule has 4 heteroatoms. The van der Waals surface area contributed by atoms with Crippen molar-refractivity contribution in [1.29, 1.82) is 0 Å². The lowest BCUT2D eigenvalue weighted by molar-refractivity contribution is 0.403. The molecule has 4 N–H and O–H groups in total. The summed E-state index contributed by atoms with van der Waals surface area (Å²) in [5, 5.41) is 39.1. The first-order valence-corrected chi connectivity index (χ1v) is 13.9. The quantitative estimate of drug-likeness (QED) is 0.270. The molecule has 0 bridgehead atoms. The van der Waals surface area contributed by atoms with Crippen LogP contribution in [0.2, 0.25) is 0 Å². The molecule has 198 valence electrons. The van der Waals surface area contributed by atoms with E-state index in [2.05, 4.69) is 26.0 Å². The minimum atomic E-state index is -0.0689. The summed E-state index contributed by atoms with van der Waals surface area (Å²) < 4.78 is 0. The number of hydrogen-bond donors (Lipinski definition) is 4. The Balaban J connectivity index is 0.000000301. The molecular formula is C33H42O4. The number of aromatic hydroxyl groups is 4. The number of aryl methyl sites for hydroxylation is 3. The van der Waals surface area contributed by atoms with Crippen LogP contribution in [-0.2, 0) is 0 Å². The number of phenols is 4. The predicted octanol–water partition coefficient (Wildman–Crippen LogP) is 8.88. The third-order valence-electron chi connectivity index (χ3n) is 8.28. The minimum Gasteiger partial charge on any atom is -0.507 e. The van der Waals surface area contributed by atoms with E-state index in [1.54, 1.807) is 6.07 Å². The van der Waals surface area contributed by atoms with Gasteiger partial charge in [-0.2, -0.15) is 0 Å². The van der Waals surface area contributed by atoms with Gasteiger partial charge in [-0.3, -0.25) is 0 Å². The van der Waals surface area contributed by atoms with Gasteiger partial charge in [0.15, 0.2) is 11.5 Å². The molecule has 0 aromatic heterocycles. The van der Waals surface area contributed by atoms with E-state index in [1.807, 2.05) is 19.1 Å². The lowest BCUT2D eigenvalue weighted by Gasteiger charge is -2.26. The molecular weight excluding hydrogens is 460 g/mol.